The molecule has 12 heteroatoms. The summed E-state index contributed by atoms with van der Waals surface area (Å²) in [5, 5.41) is 22.2. The number of hydrogen-bond acceptors (Lipinski definition) is 6. The maximum absolute atomic E-state index is 11.3. The third kappa shape index (κ3) is 9.59. The van der Waals surface area contributed by atoms with Crippen LogP contribution < -0.4 is 15.8 Å². The van der Waals surface area contributed by atoms with Crippen molar-refractivity contribution in [1.29, 1.82) is 0 Å². The number of nitrogens with one attached hydrogen (secondary N) is 2. The van der Waals surface area contributed by atoms with Crippen molar-refractivity contribution < 1.29 is 18.1 Å². The van der Waals surface area contributed by atoms with Gasteiger partial charge in [-0.1, -0.05) is 24.3 Å². The van der Waals surface area contributed by atoms with Crippen LogP contribution in [0, 0.1) is 10.1 Å². The lowest BCUT2D eigenvalue weighted by Gasteiger charge is -2.13. The first-order chi connectivity index (χ1) is 14.3. The molecule has 0 spiro atoms. The number of nitrogens with zero attached hydrogens (tertiary/aromatic N) is 2. The molecule has 2 rings (SSSR count). The van der Waals surface area contributed by atoms with E-state index in [0.717, 1.165) is 17.5 Å². The minimum absolute atomic E-state index is 0. The quantitative estimate of drug-likeness (QED) is 0.100. The van der Waals surface area contributed by atoms with Crippen molar-refractivity contribution in [2.45, 2.75) is 24.4 Å². The van der Waals surface area contributed by atoms with Crippen LogP contribution in [0.2, 0.25) is 0 Å². The summed E-state index contributed by atoms with van der Waals surface area (Å²) >= 11 is 0. The molecule has 0 fully saturated rings. The number of primary sulfonamides is 1. The monoisotopic (exact) mass is 563 g/mol. The van der Waals surface area contributed by atoms with Crippen LogP contribution >= 0.6 is 24.0 Å². The van der Waals surface area contributed by atoms with Gasteiger partial charge < -0.3 is 15.4 Å². The molecule has 0 aromatic heterocycles. The molecule has 0 heterocycles. The Morgan fingerprint density at radius 3 is 2.26 bits per heavy atom. The number of halogens is 1. The van der Waals surface area contributed by atoms with Crippen LogP contribution in [0.15, 0.2) is 58.4 Å². The van der Waals surface area contributed by atoms with Crippen LogP contribution in [0.25, 0.3) is 0 Å². The lowest BCUT2D eigenvalue weighted by molar-refractivity contribution is -0.384. The molecule has 0 bridgehead atoms. The predicted octanol–water partition coefficient (Wildman–Crippen LogP) is 2.13. The van der Waals surface area contributed by atoms with Gasteiger partial charge in [0.15, 0.2) is 5.96 Å². The van der Waals surface area contributed by atoms with E-state index in [1.165, 1.54) is 24.3 Å². The van der Waals surface area contributed by atoms with Gasteiger partial charge in [-0.3, -0.25) is 10.1 Å². The Balaban J connectivity index is 0.00000480. The van der Waals surface area contributed by atoms with E-state index < -0.39 is 14.9 Å². The first kappa shape index (κ1) is 26.7. The van der Waals surface area contributed by atoms with Gasteiger partial charge in [0.25, 0.3) is 5.69 Å². The number of ether oxygens (including phenoxy) is 1. The Labute approximate surface area is 198 Å². The molecule has 0 amide bonds. The molecule has 0 aliphatic heterocycles. The molecular weight excluding hydrogens is 537 g/mol. The van der Waals surface area contributed by atoms with Crippen molar-refractivity contribution in [1.82, 2.24) is 10.6 Å². The van der Waals surface area contributed by atoms with Crippen molar-refractivity contribution in [3.05, 3.63) is 69.8 Å². The number of nitro groups is 1. The van der Waals surface area contributed by atoms with Crippen LogP contribution in [-0.4, -0.2) is 39.6 Å². The average Bonchev–Trinajstić information content (AvgIpc) is 2.72. The molecule has 4 N–H and O–H groups in total. The number of methoxy groups -OCH3 is 1. The second-order valence-electron chi connectivity index (χ2n) is 6.40. The van der Waals surface area contributed by atoms with Gasteiger partial charge in [0.05, 0.1) is 16.4 Å². The van der Waals surface area contributed by atoms with Gasteiger partial charge in [0.1, 0.15) is 0 Å². The van der Waals surface area contributed by atoms with Crippen LogP contribution in [0.1, 0.15) is 17.5 Å². The smallest absolute Gasteiger partial charge is 0.269 e. The fourth-order valence-electron chi connectivity index (χ4n) is 2.47. The number of nitro benzene ring substituents is 1. The van der Waals surface area contributed by atoms with Gasteiger partial charge in [0.2, 0.25) is 10.0 Å². The Hall–Kier alpha value is -2.29. The van der Waals surface area contributed by atoms with Crippen LogP contribution in [0.5, 0.6) is 0 Å². The van der Waals surface area contributed by atoms with Gasteiger partial charge in [-0.2, -0.15) is 0 Å². The predicted molar refractivity (Wildman–Crippen MR) is 129 cm³/mol. The Morgan fingerprint density at radius 1 is 1.10 bits per heavy atom. The number of nitrogens with two attached hydrogens (primary N) is 1. The molecule has 2 aromatic carbocycles. The molecule has 0 saturated carbocycles. The van der Waals surface area contributed by atoms with Crippen LogP contribution in [0.4, 0.5) is 5.69 Å². The topological polar surface area (TPSA) is 149 Å². The highest BCUT2D eigenvalue weighted by Crippen LogP contribution is 2.12. The number of sulfonamides is 1. The highest BCUT2D eigenvalue weighted by molar-refractivity contribution is 14.0. The molecule has 2 aromatic rings. The van der Waals surface area contributed by atoms with Crippen molar-refractivity contribution >= 4 is 45.6 Å². The van der Waals surface area contributed by atoms with E-state index in [4.69, 9.17) is 9.88 Å². The van der Waals surface area contributed by atoms with Gasteiger partial charge in [0, 0.05) is 38.9 Å². The number of rotatable bonds is 10. The number of aliphatic imine (C=N–C) groups is 1. The SMILES string of the molecule is COCCCNC(=NCc1ccc(S(N)(=O)=O)cc1)NCc1ccc([N+](=O)[O-])cc1.I. The van der Waals surface area contributed by atoms with E-state index >= 15 is 0 Å². The van der Waals surface area contributed by atoms with E-state index in [1.54, 1.807) is 31.4 Å². The van der Waals surface area contributed by atoms with Crippen molar-refractivity contribution in [3.63, 3.8) is 0 Å². The standard InChI is InChI=1S/C19H25N5O5S.HI/c1-29-12-2-11-21-19(22-13-15-3-7-17(8-4-15)24(25)26)23-14-16-5-9-18(10-6-16)30(20,27)28;/h3-10H,2,11-14H2,1H3,(H2,20,27,28)(H2,21,22,23);1H. The lowest BCUT2D eigenvalue weighted by Crippen LogP contribution is -2.37. The third-order valence-corrected chi connectivity index (χ3v) is 5.03. The first-order valence-corrected chi connectivity index (χ1v) is 10.7. The molecular formula is C19H26IN5O5S. The van der Waals surface area contributed by atoms with E-state index in [1.807, 2.05) is 0 Å². The van der Waals surface area contributed by atoms with Gasteiger partial charge >= 0.3 is 0 Å². The maximum atomic E-state index is 11.3. The van der Waals surface area contributed by atoms with E-state index in [2.05, 4.69) is 15.6 Å². The molecule has 0 aliphatic carbocycles. The number of hydrogen-bond donors (Lipinski definition) is 3. The minimum Gasteiger partial charge on any atom is -0.385 e. The fourth-order valence-corrected chi connectivity index (χ4v) is 2.99. The Bertz CT molecular complexity index is 966. The number of non-ortho nitro benzene ring substituents is 1. The van der Waals surface area contributed by atoms with Gasteiger partial charge in [-0.05, 0) is 29.7 Å². The highest BCUT2D eigenvalue weighted by Gasteiger charge is 2.07. The molecule has 0 unspecified atom stereocenters. The van der Waals surface area contributed by atoms with Crippen molar-refractivity contribution in [3.8, 4) is 0 Å². The van der Waals surface area contributed by atoms with Gasteiger partial charge in [-0.15, -0.1) is 24.0 Å². The minimum atomic E-state index is -3.73. The van der Waals surface area contributed by atoms with Gasteiger partial charge in [-0.25, -0.2) is 18.5 Å². The summed E-state index contributed by atoms with van der Waals surface area (Å²) in [5.41, 5.74) is 1.72. The second-order valence-corrected chi connectivity index (χ2v) is 7.97. The maximum Gasteiger partial charge on any atom is 0.269 e. The molecule has 0 aliphatic rings. The van der Waals surface area contributed by atoms with Crippen LogP contribution in [-0.2, 0) is 27.8 Å². The molecule has 0 atom stereocenters. The van der Waals surface area contributed by atoms with Crippen molar-refractivity contribution in [2.75, 3.05) is 20.3 Å². The average molecular weight is 563 g/mol. The number of benzene rings is 2. The summed E-state index contributed by atoms with van der Waals surface area (Å²) in [6.45, 7) is 2.01. The summed E-state index contributed by atoms with van der Waals surface area (Å²) in [5.74, 6) is 0.556. The molecule has 0 radical (unpaired) electrons. The summed E-state index contributed by atoms with van der Waals surface area (Å²) in [6.07, 6.45) is 0.789. The highest BCUT2D eigenvalue weighted by atomic mass is 127. The Morgan fingerprint density at radius 2 is 1.71 bits per heavy atom. The zero-order chi connectivity index (χ0) is 22.0. The lowest BCUT2D eigenvalue weighted by atomic mass is 10.2. The first-order valence-electron chi connectivity index (χ1n) is 9.16. The summed E-state index contributed by atoms with van der Waals surface area (Å²) in [6, 6.07) is 12.5. The zero-order valence-corrected chi connectivity index (χ0v) is 20.1. The summed E-state index contributed by atoms with van der Waals surface area (Å²) in [4.78, 5) is 14.9. The summed E-state index contributed by atoms with van der Waals surface area (Å²) < 4.78 is 27.7. The molecule has 0 saturated heterocycles. The zero-order valence-electron chi connectivity index (χ0n) is 17.0. The molecule has 10 nitrogen and oxygen atoms in total. The molecule has 31 heavy (non-hydrogen) atoms. The third-order valence-electron chi connectivity index (χ3n) is 4.10. The van der Waals surface area contributed by atoms with Crippen molar-refractivity contribution in [2.24, 2.45) is 10.1 Å². The fraction of sp³-hybridized carbons (Fsp3) is 0.316. The van der Waals surface area contributed by atoms with E-state index in [9.17, 15) is 18.5 Å². The van der Waals surface area contributed by atoms with E-state index in [0.29, 0.717) is 32.2 Å². The second kappa shape index (κ2) is 13.2. The number of guanidine groups is 1. The van der Waals surface area contributed by atoms with Crippen LogP contribution in [0.3, 0.4) is 0 Å². The normalized spacial score (nSPS) is 11.5. The largest absolute Gasteiger partial charge is 0.385 e. The van der Waals surface area contributed by atoms with E-state index in [-0.39, 0.29) is 34.6 Å². The Kier molecular flexibility index (Phi) is 11.4. The summed E-state index contributed by atoms with van der Waals surface area (Å²) in [7, 11) is -2.10. The molecule has 170 valence electrons.